The zero-order valence-electron chi connectivity index (χ0n) is 26.3. The molecular formula is C34H46N6O3. The Kier molecular flexibility index (Phi) is 8.25. The first-order valence-corrected chi connectivity index (χ1v) is 16.0. The van der Waals surface area contributed by atoms with Crippen LogP contribution in [0.2, 0.25) is 0 Å². The summed E-state index contributed by atoms with van der Waals surface area (Å²) >= 11 is 0. The summed E-state index contributed by atoms with van der Waals surface area (Å²) in [7, 11) is 2.16. The predicted octanol–water partition coefficient (Wildman–Crippen LogP) is 4.95. The SMILES string of the molecule is CN1CCC[C@H]1COc1nc2c(c(N3CCN(C(=O)OC(C)(C)C)[C@@H](CC#N)C3)n1)CC[C@@]1(CCc3ccccc3C1)C2. The van der Waals surface area contributed by atoms with Gasteiger partial charge in [-0.25, -0.2) is 4.79 Å². The lowest BCUT2D eigenvalue weighted by atomic mass is 9.63. The van der Waals surface area contributed by atoms with E-state index in [1.807, 2.05) is 20.8 Å². The summed E-state index contributed by atoms with van der Waals surface area (Å²) in [5, 5.41) is 9.65. The lowest BCUT2D eigenvalue weighted by molar-refractivity contribution is 0.0144. The molecule has 1 aromatic heterocycles. The minimum absolute atomic E-state index is 0.203. The second kappa shape index (κ2) is 12.0. The van der Waals surface area contributed by atoms with Gasteiger partial charge in [0.15, 0.2) is 0 Å². The van der Waals surface area contributed by atoms with E-state index < -0.39 is 5.60 Å². The molecule has 2 aromatic rings. The van der Waals surface area contributed by atoms with Gasteiger partial charge < -0.3 is 24.2 Å². The number of hydrogen-bond acceptors (Lipinski definition) is 8. The number of nitriles is 1. The first-order chi connectivity index (χ1) is 20.6. The number of fused-ring (bicyclic) bond motifs is 2. The molecular weight excluding hydrogens is 540 g/mol. The molecule has 3 atom stereocenters. The predicted molar refractivity (Wildman–Crippen MR) is 165 cm³/mol. The standard InChI is InChI=1S/C34H46N6O3/c1-33(2,3)43-32(41)40-19-18-39(22-26(40)13-16-35)30-28-12-15-34(14-11-24-8-5-6-9-25(24)20-34)21-29(28)36-31(37-30)42-23-27-10-7-17-38(27)4/h5-6,8-9,26-27H,7,10-15,17-23H2,1-4H3/t26-,27-,34+/m0/s1. The molecule has 9 nitrogen and oxygen atoms in total. The van der Waals surface area contributed by atoms with Gasteiger partial charge in [-0.2, -0.15) is 15.2 Å². The Morgan fingerprint density at radius 1 is 1.07 bits per heavy atom. The van der Waals surface area contributed by atoms with Crippen LogP contribution in [0.4, 0.5) is 10.6 Å². The smallest absolute Gasteiger partial charge is 0.410 e. The summed E-state index contributed by atoms with van der Waals surface area (Å²) in [6, 6.07) is 11.7. The van der Waals surface area contributed by atoms with E-state index in [-0.39, 0.29) is 24.0 Å². The van der Waals surface area contributed by atoms with E-state index in [4.69, 9.17) is 19.4 Å². The van der Waals surface area contributed by atoms with Gasteiger partial charge in [-0.05, 0) is 102 Å². The molecule has 43 heavy (non-hydrogen) atoms. The zero-order valence-corrected chi connectivity index (χ0v) is 26.3. The Labute approximate surface area is 256 Å². The molecule has 3 heterocycles. The lowest BCUT2D eigenvalue weighted by Gasteiger charge is -2.44. The Morgan fingerprint density at radius 3 is 2.60 bits per heavy atom. The van der Waals surface area contributed by atoms with Crippen molar-refractivity contribution in [1.82, 2.24) is 19.8 Å². The fraction of sp³-hybridized carbons (Fsp3) is 0.647. The van der Waals surface area contributed by atoms with Gasteiger partial charge in [-0.3, -0.25) is 0 Å². The van der Waals surface area contributed by atoms with Crippen LogP contribution < -0.4 is 9.64 Å². The van der Waals surface area contributed by atoms with Gasteiger partial charge in [-0.1, -0.05) is 24.3 Å². The lowest BCUT2D eigenvalue weighted by Crippen LogP contribution is -2.56. The number of nitrogens with zero attached hydrogens (tertiary/aromatic N) is 6. The van der Waals surface area contributed by atoms with Crippen LogP contribution in [0.15, 0.2) is 24.3 Å². The number of ether oxygens (including phenoxy) is 2. The monoisotopic (exact) mass is 586 g/mol. The number of aryl methyl sites for hydroxylation is 1. The van der Waals surface area contributed by atoms with Gasteiger partial charge in [0.25, 0.3) is 0 Å². The summed E-state index contributed by atoms with van der Waals surface area (Å²) < 4.78 is 12.0. The van der Waals surface area contributed by atoms with Crippen LogP contribution in [0.1, 0.15) is 75.3 Å². The fourth-order valence-corrected chi connectivity index (χ4v) is 7.54. The third kappa shape index (κ3) is 6.45. The zero-order chi connectivity index (χ0) is 30.2. The van der Waals surface area contributed by atoms with E-state index in [0.717, 1.165) is 56.6 Å². The summed E-state index contributed by atoms with van der Waals surface area (Å²) in [6.45, 7) is 8.91. The molecule has 230 valence electrons. The molecule has 4 aliphatic rings. The second-order valence-electron chi connectivity index (χ2n) is 14.1. The number of carbonyl (C=O) groups excluding carboxylic acids is 1. The number of likely N-dealkylation sites (N-methyl/N-ethyl adjacent to an activating group) is 1. The summed E-state index contributed by atoms with van der Waals surface area (Å²) in [5.74, 6) is 0.914. The van der Waals surface area contributed by atoms with E-state index >= 15 is 0 Å². The van der Waals surface area contributed by atoms with Gasteiger partial charge in [0.1, 0.15) is 18.0 Å². The highest BCUT2D eigenvalue weighted by atomic mass is 16.6. The number of rotatable bonds is 5. The first kappa shape index (κ1) is 29.7. The van der Waals surface area contributed by atoms with Gasteiger partial charge in [0, 0.05) is 31.2 Å². The Bertz CT molecular complexity index is 1380. The van der Waals surface area contributed by atoms with Crippen molar-refractivity contribution in [3.05, 3.63) is 46.6 Å². The van der Waals surface area contributed by atoms with Gasteiger partial charge >= 0.3 is 12.1 Å². The highest BCUT2D eigenvalue weighted by Gasteiger charge is 2.41. The topological polar surface area (TPSA) is 94.8 Å². The molecule has 2 aliphatic heterocycles. The van der Waals surface area contributed by atoms with Crippen molar-refractivity contribution in [2.45, 2.75) is 96.2 Å². The quantitative estimate of drug-likeness (QED) is 0.486. The van der Waals surface area contributed by atoms with Gasteiger partial charge in [0.05, 0.1) is 24.2 Å². The third-order valence-electron chi connectivity index (χ3n) is 9.92. The Hall–Kier alpha value is -3.38. The van der Waals surface area contributed by atoms with Crippen molar-refractivity contribution in [2.75, 3.05) is 44.7 Å². The van der Waals surface area contributed by atoms with Crippen LogP contribution in [-0.2, 0) is 30.4 Å². The third-order valence-corrected chi connectivity index (χ3v) is 9.92. The molecule has 0 saturated carbocycles. The molecule has 1 amide bonds. The minimum Gasteiger partial charge on any atom is -0.462 e. The average Bonchev–Trinajstić information content (AvgIpc) is 3.39. The number of anilines is 1. The molecule has 2 saturated heterocycles. The molecule has 2 fully saturated rings. The first-order valence-electron chi connectivity index (χ1n) is 16.0. The average molecular weight is 587 g/mol. The van der Waals surface area contributed by atoms with Crippen molar-refractivity contribution in [3.8, 4) is 12.1 Å². The van der Waals surface area contributed by atoms with Crippen molar-refractivity contribution in [3.63, 3.8) is 0 Å². The van der Waals surface area contributed by atoms with Crippen molar-refractivity contribution >= 4 is 11.9 Å². The van der Waals surface area contributed by atoms with Crippen LogP contribution >= 0.6 is 0 Å². The number of amides is 1. The van der Waals surface area contributed by atoms with E-state index in [1.54, 1.807) is 4.90 Å². The summed E-state index contributed by atoms with van der Waals surface area (Å²) in [5.41, 5.74) is 4.89. The molecule has 0 bridgehead atoms. The van der Waals surface area contributed by atoms with Crippen LogP contribution in [0.25, 0.3) is 0 Å². The molecule has 6 rings (SSSR count). The maximum absolute atomic E-state index is 13.1. The van der Waals surface area contributed by atoms with Crippen LogP contribution in [0.5, 0.6) is 6.01 Å². The number of likely N-dealkylation sites (tertiary alicyclic amines) is 1. The van der Waals surface area contributed by atoms with Gasteiger partial charge in [-0.15, -0.1) is 0 Å². The van der Waals surface area contributed by atoms with E-state index in [0.29, 0.717) is 38.3 Å². The molecule has 9 heteroatoms. The van der Waals surface area contributed by atoms with Crippen LogP contribution in [0, 0.1) is 16.7 Å². The maximum atomic E-state index is 13.1. The van der Waals surface area contributed by atoms with Crippen molar-refractivity contribution < 1.29 is 14.3 Å². The maximum Gasteiger partial charge on any atom is 0.410 e. The molecule has 0 radical (unpaired) electrons. The Balaban J connectivity index is 1.28. The fourth-order valence-electron chi connectivity index (χ4n) is 7.54. The Morgan fingerprint density at radius 2 is 1.86 bits per heavy atom. The summed E-state index contributed by atoms with van der Waals surface area (Å²) in [6.07, 6.45) is 8.52. The molecule has 1 spiro atoms. The van der Waals surface area contributed by atoms with Crippen LogP contribution in [-0.4, -0.2) is 83.4 Å². The molecule has 0 unspecified atom stereocenters. The number of aromatic nitrogens is 2. The second-order valence-corrected chi connectivity index (χ2v) is 14.1. The number of carbonyl (C=O) groups is 1. The molecule has 0 N–H and O–H groups in total. The van der Waals surface area contributed by atoms with Crippen molar-refractivity contribution in [1.29, 1.82) is 5.26 Å². The van der Waals surface area contributed by atoms with Gasteiger partial charge in [0.2, 0.25) is 0 Å². The molecule has 2 aliphatic carbocycles. The van der Waals surface area contributed by atoms with E-state index in [1.165, 1.54) is 29.5 Å². The number of hydrogen-bond donors (Lipinski definition) is 0. The highest BCUT2D eigenvalue weighted by molar-refractivity contribution is 5.69. The van der Waals surface area contributed by atoms with E-state index in [2.05, 4.69) is 47.2 Å². The van der Waals surface area contributed by atoms with E-state index in [9.17, 15) is 10.1 Å². The number of piperazine rings is 1. The highest BCUT2D eigenvalue weighted by Crippen LogP contribution is 2.46. The largest absolute Gasteiger partial charge is 0.462 e. The minimum atomic E-state index is -0.591. The van der Waals surface area contributed by atoms with Crippen LogP contribution in [0.3, 0.4) is 0 Å². The number of benzene rings is 1. The normalized spacial score (nSPS) is 25.7. The molecule has 1 aromatic carbocycles. The van der Waals surface area contributed by atoms with Crippen molar-refractivity contribution in [2.24, 2.45) is 5.41 Å². The summed E-state index contributed by atoms with van der Waals surface area (Å²) in [4.78, 5) is 29.5.